The molecule has 0 fully saturated rings. The fraction of sp³-hybridized carbons (Fsp3) is 0.500. The van der Waals surface area contributed by atoms with Crippen LogP contribution in [0.2, 0.25) is 10.0 Å². The summed E-state index contributed by atoms with van der Waals surface area (Å²) in [5.74, 6) is -0.747. The molecule has 0 saturated carbocycles. The fourth-order valence-electron chi connectivity index (χ4n) is 2.24. The number of carbonyl (C=O) groups excluding carboxylic acids is 3. The number of nitrogens with zero attached hydrogens (tertiary/aromatic N) is 2. The number of benzene rings is 1. The number of halogens is 2. The molecule has 7 nitrogen and oxygen atoms in total. The van der Waals surface area contributed by atoms with Crippen molar-refractivity contribution in [3.05, 3.63) is 28.2 Å². The van der Waals surface area contributed by atoms with E-state index >= 15 is 0 Å². The SMILES string of the molecule is CCN(CC(=O)NC(C)C)CC(=O)N(C)CC(=O)Nc1ccc(Cl)c(Cl)c1. The van der Waals surface area contributed by atoms with Gasteiger partial charge in [-0.05, 0) is 38.6 Å². The predicted octanol–water partition coefficient (Wildman–Crippen LogP) is 2.24. The lowest BCUT2D eigenvalue weighted by atomic mass is 10.3. The molecule has 0 aliphatic carbocycles. The number of likely N-dealkylation sites (N-methyl/N-ethyl adjacent to an activating group) is 2. The van der Waals surface area contributed by atoms with Gasteiger partial charge in [-0.25, -0.2) is 0 Å². The number of rotatable bonds is 9. The number of amides is 3. The van der Waals surface area contributed by atoms with Crippen molar-refractivity contribution in [2.24, 2.45) is 0 Å². The molecule has 3 amide bonds. The van der Waals surface area contributed by atoms with Crippen LogP contribution < -0.4 is 10.6 Å². The number of nitrogens with one attached hydrogen (secondary N) is 2. The van der Waals surface area contributed by atoms with Crippen molar-refractivity contribution < 1.29 is 14.4 Å². The monoisotopic (exact) mass is 416 g/mol. The highest BCUT2D eigenvalue weighted by Gasteiger charge is 2.18. The first-order valence-electron chi connectivity index (χ1n) is 8.63. The van der Waals surface area contributed by atoms with E-state index in [0.29, 0.717) is 22.3 Å². The molecule has 0 bridgehead atoms. The number of hydrogen-bond acceptors (Lipinski definition) is 4. The van der Waals surface area contributed by atoms with Gasteiger partial charge >= 0.3 is 0 Å². The first-order valence-corrected chi connectivity index (χ1v) is 9.38. The van der Waals surface area contributed by atoms with E-state index in [0.717, 1.165) is 0 Å². The summed E-state index contributed by atoms with van der Waals surface area (Å²) in [6, 6.07) is 4.78. The lowest BCUT2D eigenvalue weighted by molar-refractivity contribution is -0.135. The van der Waals surface area contributed by atoms with Crippen molar-refractivity contribution in [2.75, 3.05) is 38.5 Å². The van der Waals surface area contributed by atoms with Gasteiger partial charge in [-0.3, -0.25) is 19.3 Å². The van der Waals surface area contributed by atoms with E-state index in [1.807, 2.05) is 20.8 Å². The van der Waals surface area contributed by atoms with E-state index < -0.39 is 0 Å². The predicted molar refractivity (Wildman–Crippen MR) is 108 cm³/mol. The first-order chi connectivity index (χ1) is 12.6. The Hall–Kier alpha value is -1.83. The average molecular weight is 417 g/mol. The molecule has 1 aromatic rings. The molecule has 2 N–H and O–H groups in total. The lowest BCUT2D eigenvalue weighted by Gasteiger charge is -2.23. The van der Waals surface area contributed by atoms with Crippen LogP contribution in [0.5, 0.6) is 0 Å². The zero-order chi connectivity index (χ0) is 20.6. The molecule has 1 rings (SSSR count). The highest BCUT2D eigenvalue weighted by Crippen LogP contribution is 2.24. The molecule has 0 spiro atoms. The molecule has 0 heterocycles. The van der Waals surface area contributed by atoms with Crippen LogP contribution >= 0.6 is 23.2 Å². The van der Waals surface area contributed by atoms with Gasteiger partial charge in [0.2, 0.25) is 17.7 Å². The van der Waals surface area contributed by atoms with E-state index in [2.05, 4.69) is 10.6 Å². The Morgan fingerprint density at radius 1 is 1.04 bits per heavy atom. The minimum absolute atomic E-state index is 0.0413. The third-order valence-electron chi connectivity index (χ3n) is 3.63. The normalized spacial score (nSPS) is 10.8. The zero-order valence-corrected chi connectivity index (χ0v) is 17.5. The maximum atomic E-state index is 12.3. The Balaban J connectivity index is 2.52. The smallest absolute Gasteiger partial charge is 0.243 e. The van der Waals surface area contributed by atoms with Gasteiger partial charge in [0.25, 0.3) is 0 Å². The Morgan fingerprint density at radius 2 is 1.70 bits per heavy atom. The second kappa shape index (κ2) is 11.1. The first kappa shape index (κ1) is 23.2. The van der Waals surface area contributed by atoms with Crippen molar-refractivity contribution in [3.63, 3.8) is 0 Å². The molecule has 0 unspecified atom stereocenters. The third-order valence-corrected chi connectivity index (χ3v) is 4.37. The lowest BCUT2D eigenvalue weighted by Crippen LogP contribution is -2.45. The maximum Gasteiger partial charge on any atom is 0.243 e. The van der Waals surface area contributed by atoms with Gasteiger partial charge in [0.1, 0.15) is 0 Å². The van der Waals surface area contributed by atoms with Crippen molar-refractivity contribution in [1.29, 1.82) is 0 Å². The summed E-state index contributed by atoms with van der Waals surface area (Å²) in [5, 5.41) is 6.17. The molecule has 9 heteroatoms. The molecule has 0 radical (unpaired) electrons. The van der Waals surface area contributed by atoms with E-state index in [4.69, 9.17) is 23.2 Å². The van der Waals surface area contributed by atoms with E-state index in [-0.39, 0.29) is 43.4 Å². The number of hydrogen-bond donors (Lipinski definition) is 2. The Bertz CT molecular complexity index is 683. The third kappa shape index (κ3) is 8.60. The largest absolute Gasteiger partial charge is 0.353 e. The van der Waals surface area contributed by atoms with Crippen LogP contribution in [0.3, 0.4) is 0 Å². The van der Waals surface area contributed by atoms with Gasteiger partial charge in [0.05, 0.1) is 29.7 Å². The molecule has 0 aliphatic heterocycles. The van der Waals surface area contributed by atoms with E-state index in [9.17, 15) is 14.4 Å². The summed E-state index contributed by atoms with van der Waals surface area (Å²) in [6.07, 6.45) is 0. The van der Waals surface area contributed by atoms with Crippen LogP contribution in [0.4, 0.5) is 5.69 Å². The van der Waals surface area contributed by atoms with E-state index in [1.165, 1.54) is 11.0 Å². The number of carbonyl (C=O) groups is 3. The van der Waals surface area contributed by atoms with Crippen molar-refractivity contribution in [2.45, 2.75) is 26.8 Å². The Kier molecular flexibility index (Phi) is 9.55. The second-order valence-electron chi connectivity index (χ2n) is 6.45. The highest BCUT2D eigenvalue weighted by molar-refractivity contribution is 6.42. The maximum absolute atomic E-state index is 12.3. The van der Waals surface area contributed by atoms with Crippen LogP contribution in [-0.4, -0.2) is 66.8 Å². The summed E-state index contributed by atoms with van der Waals surface area (Å²) >= 11 is 11.8. The number of anilines is 1. The van der Waals surface area contributed by atoms with Crippen LogP contribution in [-0.2, 0) is 14.4 Å². The molecular weight excluding hydrogens is 391 g/mol. The van der Waals surface area contributed by atoms with Gasteiger partial charge in [0.15, 0.2) is 0 Å². The highest BCUT2D eigenvalue weighted by atomic mass is 35.5. The van der Waals surface area contributed by atoms with Crippen LogP contribution in [0.25, 0.3) is 0 Å². The topological polar surface area (TPSA) is 81.8 Å². The molecule has 0 atom stereocenters. The summed E-state index contributed by atoms with van der Waals surface area (Å²) in [4.78, 5) is 39.3. The summed E-state index contributed by atoms with van der Waals surface area (Å²) in [6.45, 7) is 6.23. The minimum atomic E-state index is -0.357. The summed E-state index contributed by atoms with van der Waals surface area (Å²) in [5.41, 5.74) is 0.496. The molecule has 1 aromatic carbocycles. The van der Waals surface area contributed by atoms with Crippen LogP contribution in [0, 0.1) is 0 Å². The van der Waals surface area contributed by atoms with Crippen LogP contribution in [0.1, 0.15) is 20.8 Å². The molecular formula is C18H26Cl2N4O3. The Labute approximate surface area is 170 Å². The zero-order valence-electron chi connectivity index (χ0n) is 16.0. The van der Waals surface area contributed by atoms with Crippen molar-refractivity contribution in [1.82, 2.24) is 15.1 Å². The Morgan fingerprint density at radius 3 is 2.26 bits per heavy atom. The van der Waals surface area contributed by atoms with Gasteiger partial charge in [-0.15, -0.1) is 0 Å². The minimum Gasteiger partial charge on any atom is -0.353 e. The summed E-state index contributed by atoms with van der Waals surface area (Å²) < 4.78 is 0. The molecule has 0 aromatic heterocycles. The second-order valence-corrected chi connectivity index (χ2v) is 7.27. The molecule has 0 aliphatic rings. The van der Waals surface area contributed by atoms with Gasteiger partial charge in [-0.1, -0.05) is 30.1 Å². The van der Waals surface area contributed by atoms with Gasteiger partial charge in [0, 0.05) is 18.8 Å². The van der Waals surface area contributed by atoms with Crippen LogP contribution in [0.15, 0.2) is 18.2 Å². The quantitative estimate of drug-likeness (QED) is 0.646. The summed E-state index contributed by atoms with van der Waals surface area (Å²) in [7, 11) is 1.54. The average Bonchev–Trinajstić information content (AvgIpc) is 2.56. The van der Waals surface area contributed by atoms with Crippen molar-refractivity contribution in [3.8, 4) is 0 Å². The standard InChI is InChI=1S/C18H26Cl2N4O3/c1-5-24(10-17(26)21-12(2)3)11-18(27)23(4)9-16(25)22-13-6-7-14(19)15(20)8-13/h6-8,12H,5,9-11H2,1-4H3,(H,21,26)(H,22,25). The molecule has 27 heavy (non-hydrogen) atoms. The van der Waals surface area contributed by atoms with E-state index in [1.54, 1.807) is 24.1 Å². The van der Waals surface area contributed by atoms with Gasteiger partial charge < -0.3 is 15.5 Å². The molecule has 150 valence electrons. The fourth-order valence-corrected chi connectivity index (χ4v) is 2.54. The van der Waals surface area contributed by atoms with Gasteiger partial charge in [-0.2, -0.15) is 0 Å². The molecule has 0 saturated heterocycles. The van der Waals surface area contributed by atoms with Crippen molar-refractivity contribution >= 4 is 46.6 Å².